The topological polar surface area (TPSA) is 38.9 Å². The van der Waals surface area contributed by atoms with Gasteiger partial charge in [0.15, 0.2) is 0 Å². The van der Waals surface area contributed by atoms with Crippen LogP contribution in [0.4, 0.5) is 5.69 Å². The number of nitrogen functional groups attached to an aromatic ring is 1. The summed E-state index contributed by atoms with van der Waals surface area (Å²) in [6.45, 7) is 4.08. The lowest BCUT2D eigenvalue weighted by molar-refractivity contribution is 1.05. The molecule has 0 bridgehead atoms. The van der Waals surface area contributed by atoms with Crippen LogP contribution in [-0.2, 0) is 5.75 Å². The van der Waals surface area contributed by atoms with Crippen molar-refractivity contribution in [3.8, 4) is 0 Å². The highest BCUT2D eigenvalue weighted by Gasteiger charge is 2.03. The summed E-state index contributed by atoms with van der Waals surface area (Å²) >= 11 is 7.64. The maximum atomic E-state index is 5.97. The second-order valence-electron chi connectivity index (χ2n) is 4.26. The van der Waals surface area contributed by atoms with Gasteiger partial charge in [0.2, 0.25) is 0 Å². The van der Waals surface area contributed by atoms with Gasteiger partial charge in [0.25, 0.3) is 0 Å². The van der Waals surface area contributed by atoms with E-state index in [9.17, 15) is 0 Å². The standard InChI is InChI=1S/C14H15ClN2S/c1-9-5-10(2)17-14(6-9)18-8-11-7-12(15)3-4-13(11)16/h3-7H,8,16H2,1-2H3. The van der Waals surface area contributed by atoms with Crippen molar-refractivity contribution in [1.29, 1.82) is 0 Å². The fraction of sp³-hybridized carbons (Fsp3) is 0.214. The predicted molar refractivity (Wildman–Crippen MR) is 79.1 cm³/mol. The van der Waals surface area contributed by atoms with Crippen LogP contribution in [-0.4, -0.2) is 4.98 Å². The molecule has 0 saturated heterocycles. The molecule has 0 unspecified atom stereocenters. The van der Waals surface area contributed by atoms with E-state index in [2.05, 4.69) is 24.0 Å². The molecule has 0 aliphatic heterocycles. The molecule has 2 nitrogen and oxygen atoms in total. The Morgan fingerprint density at radius 3 is 2.72 bits per heavy atom. The molecule has 0 atom stereocenters. The number of nitrogens with zero attached hydrogens (tertiary/aromatic N) is 1. The number of aryl methyl sites for hydroxylation is 2. The summed E-state index contributed by atoms with van der Waals surface area (Å²) in [6.07, 6.45) is 0. The van der Waals surface area contributed by atoms with Crippen molar-refractivity contribution in [3.63, 3.8) is 0 Å². The normalized spacial score (nSPS) is 10.6. The average molecular weight is 279 g/mol. The summed E-state index contributed by atoms with van der Waals surface area (Å²) in [6, 6.07) is 9.70. The fourth-order valence-corrected chi connectivity index (χ4v) is 2.96. The van der Waals surface area contributed by atoms with Gasteiger partial charge in [-0.25, -0.2) is 4.98 Å². The Labute approximate surface area is 117 Å². The highest BCUT2D eigenvalue weighted by molar-refractivity contribution is 7.98. The summed E-state index contributed by atoms with van der Waals surface area (Å²) in [5.41, 5.74) is 10.0. The Morgan fingerprint density at radius 1 is 1.22 bits per heavy atom. The van der Waals surface area contributed by atoms with Gasteiger partial charge in [-0.05, 0) is 55.3 Å². The van der Waals surface area contributed by atoms with E-state index in [-0.39, 0.29) is 0 Å². The van der Waals surface area contributed by atoms with Crippen molar-refractivity contribution in [2.45, 2.75) is 24.6 Å². The van der Waals surface area contributed by atoms with E-state index in [4.69, 9.17) is 17.3 Å². The van der Waals surface area contributed by atoms with E-state index < -0.39 is 0 Å². The first-order valence-electron chi connectivity index (χ1n) is 5.66. The number of hydrogen-bond donors (Lipinski definition) is 1. The first-order valence-corrected chi connectivity index (χ1v) is 7.03. The Morgan fingerprint density at radius 2 is 2.00 bits per heavy atom. The molecule has 0 fully saturated rings. The summed E-state index contributed by atoms with van der Waals surface area (Å²) in [4.78, 5) is 4.49. The zero-order chi connectivity index (χ0) is 13.1. The fourth-order valence-electron chi connectivity index (χ4n) is 1.73. The molecule has 1 heterocycles. The van der Waals surface area contributed by atoms with Crippen molar-refractivity contribution in [3.05, 3.63) is 52.2 Å². The molecule has 0 radical (unpaired) electrons. The summed E-state index contributed by atoms with van der Waals surface area (Å²) in [5, 5.41) is 1.74. The highest BCUT2D eigenvalue weighted by atomic mass is 35.5. The van der Waals surface area contributed by atoms with Gasteiger partial charge in [-0.3, -0.25) is 0 Å². The second kappa shape index (κ2) is 5.63. The molecule has 1 aromatic carbocycles. The molecule has 18 heavy (non-hydrogen) atoms. The molecule has 1 aromatic heterocycles. The Bertz CT molecular complexity index is 549. The van der Waals surface area contributed by atoms with Crippen LogP contribution in [0.3, 0.4) is 0 Å². The van der Waals surface area contributed by atoms with E-state index in [0.717, 1.165) is 27.7 Å². The van der Waals surface area contributed by atoms with E-state index in [1.807, 2.05) is 19.1 Å². The number of nitrogens with two attached hydrogens (primary N) is 1. The zero-order valence-corrected chi connectivity index (χ0v) is 12.0. The number of hydrogen-bond acceptors (Lipinski definition) is 3. The van der Waals surface area contributed by atoms with Gasteiger partial charge >= 0.3 is 0 Å². The lowest BCUT2D eigenvalue weighted by atomic mass is 10.2. The number of pyridine rings is 1. The third kappa shape index (κ3) is 3.40. The minimum atomic E-state index is 0.716. The largest absolute Gasteiger partial charge is 0.398 e. The number of rotatable bonds is 3. The highest BCUT2D eigenvalue weighted by Crippen LogP contribution is 2.27. The Balaban J connectivity index is 2.13. The molecule has 2 N–H and O–H groups in total. The van der Waals surface area contributed by atoms with Gasteiger partial charge in [0.1, 0.15) is 0 Å². The van der Waals surface area contributed by atoms with E-state index in [1.54, 1.807) is 17.8 Å². The quantitative estimate of drug-likeness (QED) is 0.675. The third-order valence-electron chi connectivity index (χ3n) is 2.55. The van der Waals surface area contributed by atoms with Gasteiger partial charge in [-0.15, -0.1) is 11.8 Å². The van der Waals surface area contributed by atoms with Gasteiger partial charge < -0.3 is 5.73 Å². The Hall–Kier alpha value is -1.19. The molecular formula is C14H15ClN2S. The van der Waals surface area contributed by atoms with Gasteiger partial charge in [0.05, 0.1) is 5.03 Å². The summed E-state index contributed by atoms with van der Waals surface area (Å²) in [5.74, 6) is 0.780. The number of aromatic nitrogens is 1. The SMILES string of the molecule is Cc1cc(C)nc(SCc2cc(Cl)ccc2N)c1. The Kier molecular flexibility index (Phi) is 4.15. The lowest BCUT2D eigenvalue weighted by Crippen LogP contribution is -1.93. The van der Waals surface area contributed by atoms with Crippen LogP contribution < -0.4 is 5.73 Å². The average Bonchev–Trinajstić information content (AvgIpc) is 2.29. The third-order valence-corrected chi connectivity index (χ3v) is 3.75. The van der Waals surface area contributed by atoms with Crippen LogP contribution in [0.2, 0.25) is 5.02 Å². The zero-order valence-electron chi connectivity index (χ0n) is 10.4. The second-order valence-corrected chi connectivity index (χ2v) is 5.69. The molecule has 0 aliphatic rings. The van der Waals surface area contributed by atoms with Crippen molar-refractivity contribution >= 4 is 29.1 Å². The van der Waals surface area contributed by atoms with E-state index in [0.29, 0.717) is 5.02 Å². The molecule has 0 spiro atoms. The van der Waals surface area contributed by atoms with Gasteiger partial charge in [-0.2, -0.15) is 0 Å². The van der Waals surface area contributed by atoms with Crippen molar-refractivity contribution in [2.24, 2.45) is 0 Å². The molecule has 0 aliphatic carbocycles. The minimum absolute atomic E-state index is 0.716. The van der Waals surface area contributed by atoms with Crippen molar-refractivity contribution < 1.29 is 0 Å². The van der Waals surface area contributed by atoms with Crippen LogP contribution in [0.1, 0.15) is 16.8 Å². The summed E-state index contributed by atoms with van der Waals surface area (Å²) < 4.78 is 0. The number of halogens is 1. The molecule has 2 aromatic rings. The monoisotopic (exact) mass is 278 g/mol. The molecule has 2 rings (SSSR count). The van der Waals surface area contributed by atoms with Gasteiger partial charge in [0, 0.05) is 22.2 Å². The maximum Gasteiger partial charge on any atom is 0.0968 e. The van der Waals surface area contributed by atoms with Crippen LogP contribution in [0.5, 0.6) is 0 Å². The molecular weight excluding hydrogens is 264 g/mol. The first kappa shape index (κ1) is 13.2. The summed E-state index contributed by atoms with van der Waals surface area (Å²) in [7, 11) is 0. The van der Waals surface area contributed by atoms with Crippen LogP contribution in [0.25, 0.3) is 0 Å². The molecule has 94 valence electrons. The molecule has 0 amide bonds. The maximum absolute atomic E-state index is 5.97. The van der Waals surface area contributed by atoms with Gasteiger partial charge in [-0.1, -0.05) is 11.6 Å². The predicted octanol–water partition coefficient (Wildman–Crippen LogP) is 4.23. The molecule has 0 saturated carbocycles. The lowest BCUT2D eigenvalue weighted by Gasteiger charge is -2.07. The molecule has 4 heteroatoms. The van der Waals surface area contributed by atoms with Crippen molar-refractivity contribution in [2.75, 3.05) is 5.73 Å². The number of thioether (sulfide) groups is 1. The number of anilines is 1. The van der Waals surface area contributed by atoms with E-state index >= 15 is 0 Å². The first-order chi connectivity index (χ1) is 8.54. The van der Waals surface area contributed by atoms with Crippen LogP contribution >= 0.6 is 23.4 Å². The van der Waals surface area contributed by atoms with Crippen LogP contribution in [0, 0.1) is 13.8 Å². The van der Waals surface area contributed by atoms with Crippen LogP contribution in [0.15, 0.2) is 35.4 Å². The number of benzene rings is 1. The smallest absolute Gasteiger partial charge is 0.0968 e. The minimum Gasteiger partial charge on any atom is -0.398 e. The van der Waals surface area contributed by atoms with E-state index in [1.165, 1.54) is 5.56 Å². The van der Waals surface area contributed by atoms with Crippen molar-refractivity contribution in [1.82, 2.24) is 4.98 Å².